The quantitative estimate of drug-likeness (QED) is 0.776. The monoisotopic (exact) mass is 310 g/mol. The van der Waals surface area contributed by atoms with Crippen molar-refractivity contribution in [1.82, 2.24) is 4.31 Å². The molecule has 1 fully saturated rings. The molecule has 0 bridgehead atoms. The highest BCUT2D eigenvalue weighted by Crippen LogP contribution is 2.26. The van der Waals surface area contributed by atoms with E-state index in [1.54, 1.807) is 12.1 Å². The number of hydrogen-bond acceptors (Lipinski definition) is 4. The van der Waals surface area contributed by atoms with Gasteiger partial charge in [-0.05, 0) is 30.9 Å². The van der Waals surface area contributed by atoms with Gasteiger partial charge in [-0.2, -0.15) is 9.57 Å². The van der Waals surface area contributed by atoms with Gasteiger partial charge in [-0.3, -0.25) is 0 Å². The largest absolute Gasteiger partial charge is 0.468 e. The highest BCUT2D eigenvalue weighted by Gasteiger charge is 2.27. The minimum Gasteiger partial charge on any atom is -0.468 e. The highest BCUT2D eigenvalue weighted by atomic mass is 32.2. The maximum atomic E-state index is 12.6. The van der Waals surface area contributed by atoms with Gasteiger partial charge in [0.1, 0.15) is 5.76 Å². The van der Waals surface area contributed by atoms with Crippen molar-refractivity contribution in [3.05, 3.63) is 24.2 Å². The summed E-state index contributed by atoms with van der Waals surface area (Å²) < 4.78 is 31.8. The second-order valence-electron chi connectivity index (χ2n) is 5.60. The second-order valence-corrected chi connectivity index (χ2v) is 7.62. The Kier molecular flexibility index (Phi) is 5.83. The molecule has 1 heterocycles. The maximum Gasteiger partial charge on any atom is 0.214 e. The number of hydrogen-bond donors (Lipinski definition) is 0. The van der Waals surface area contributed by atoms with Crippen LogP contribution in [-0.2, 0) is 16.6 Å². The molecule has 1 aromatic rings. The summed E-state index contributed by atoms with van der Waals surface area (Å²) in [4.78, 5) is 0. The van der Waals surface area contributed by atoms with Crippen molar-refractivity contribution < 1.29 is 12.8 Å². The molecule has 0 spiro atoms. The van der Waals surface area contributed by atoms with Crippen molar-refractivity contribution in [3.8, 4) is 6.07 Å². The Labute approximate surface area is 126 Å². The standard InChI is InChI=1S/C15H22N2O3S/c16-9-5-10-17(12-15-8-4-11-20-15)21(18,19)13-14-6-2-1-3-7-14/h4,8,11,14H,1-3,5-7,10,12-13H2. The summed E-state index contributed by atoms with van der Waals surface area (Å²) in [6.07, 6.45) is 7.17. The molecule has 0 unspecified atom stereocenters. The van der Waals surface area contributed by atoms with E-state index in [4.69, 9.17) is 9.68 Å². The lowest BCUT2D eigenvalue weighted by Gasteiger charge is -2.26. The molecule has 6 heteroatoms. The van der Waals surface area contributed by atoms with Gasteiger partial charge in [-0.15, -0.1) is 0 Å². The molecule has 21 heavy (non-hydrogen) atoms. The molecule has 2 rings (SSSR count). The predicted molar refractivity (Wildman–Crippen MR) is 79.7 cm³/mol. The van der Waals surface area contributed by atoms with E-state index in [9.17, 15) is 8.42 Å². The van der Waals surface area contributed by atoms with Crippen molar-refractivity contribution in [2.75, 3.05) is 12.3 Å². The molecule has 116 valence electrons. The highest BCUT2D eigenvalue weighted by molar-refractivity contribution is 7.89. The average Bonchev–Trinajstić information content (AvgIpc) is 2.97. The van der Waals surface area contributed by atoms with Crippen LogP contribution in [0.3, 0.4) is 0 Å². The Hall–Kier alpha value is -1.32. The Morgan fingerprint density at radius 3 is 2.71 bits per heavy atom. The van der Waals surface area contributed by atoms with E-state index in [0.717, 1.165) is 25.7 Å². The fourth-order valence-corrected chi connectivity index (χ4v) is 4.66. The molecule has 1 aliphatic rings. The van der Waals surface area contributed by atoms with Crippen LogP contribution in [0.1, 0.15) is 44.3 Å². The predicted octanol–water partition coefficient (Wildman–Crippen LogP) is 2.91. The number of furan rings is 1. The number of nitriles is 1. The molecule has 5 nitrogen and oxygen atoms in total. The summed E-state index contributed by atoms with van der Waals surface area (Å²) in [6.45, 7) is 0.440. The third kappa shape index (κ3) is 4.87. The van der Waals surface area contributed by atoms with Gasteiger partial charge < -0.3 is 4.42 Å². The lowest BCUT2D eigenvalue weighted by Crippen LogP contribution is -2.36. The fourth-order valence-electron chi connectivity index (χ4n) is 2.82. The van der Waals surface area contributed by atoms with E-state index in [1.165, 1.54) is 17.0 Å². The molecule has 0 aliphatic heterocycles. The third-order valence-electron chi connectivity index (χ3n) is 3.95. The summed E-state index contributed by atoms with van der Waals surface area (Å²) in [5.74, 6) is 1.06. The molecule has 0 N–H and O–H groups in total. The molecule has 1 aliphatic carbocycles. The first kappa shape index (κ1) is 16.1. The molecule has 1 aromatic heterocycles. The van der Waals surface area contributed by atoms with Crippen LogP contribution >= 0.6 is 0 Å². The molecule has 1 saturated carbocycles. The third-order valence-corrected chi connectivity index (χ3v) is 5.94. The minimum absolute atomic E-state index is 0.194. The Balaban J connectivity index is 2.04. The minimum atomic E-state index is -3.35. The van der Waals surface area contributed by atoms with E-state index in [1.807, 2.05) is 6.07 Å². The van der Waals surface area contributed by atoms with Crippen LogP contribution in [0, 0.1) is 17.2 Å². The van der Waals surface area contributed by atoms with E-state index < -0.39 is 10.0 Å². The van der Waals surface area contributed by atoms with Gasteiger partial charge >= 0.3 is 0 Å². The van der Waals surface area contributed by atoms with Gasteiger partial charge in [0, 0.05) is 13.0 Å². The molecule has 0 saturated heterocycles. The number of rotatable bonds is 7. The zero-order valence-electron chi connectivity index (χ0n) is 12.2. The fraction of sp³-hybridized carbons (Fsp3) is 0.667. The van der Waals surface area contributed by atoms with Gasteiger partial charge in [0.2, 0.25) is 10.0 Å². The Morgan fingerprint density at radius 2 is 2.10 bits per heavy atom. The van der Waals surface area contributed by atoms with Crippen molar-refractivity contribution in [2.45, 2.75) is 45.1 Å². The van der Waals surface area contributed by atoms with Crippen molar-refractivity contribution in [2.24, 2.45) is 5.92 Å². The van der Waals surface area contributed by atoms with Crippen molar-refractivity contribution in [3.63, 3.8) is 0 Å². The van der Waals surface area contributed by atoms with Crippen LogP contribution in [0.15, 0.2) is 22.8 Å². The SMILES string of the molecule is N#CCCN(Cc1ccco1)S(=O)(=O)CC1CCCCC1. The van der Waals surface area contributed by atoms with E-state index >= 15 is 0 Å². The Morgan fingerprint density at radius 1 is 1.33 bits per heavy atom. The second kappa shape index (κ2) is 7.62. The van der Waals surface area contributed by atoms with Gasteiger partial charge in [0.15, 0.2) is 0 Å². The normalized spacial score (nSPS) is 17.0. The van der Waals surface area contributed by atoms with Gasteiger partial charge in [0.05, 0.1) is 24.6 Å². The van der Waals surface area contributed by atoms with Crippen LogP contribution in [0.5, 0.6) is 0 Å². The summed E-state index contributed by atoms with van der Waals surface area (Å²) in [5.41, 5.74) is 0. The van der Waals surface area contributed by atoms with Crippen LogP contribution in [0.4, 0.5) is 0 Å². The lowest BCUT2D eigenvalue weighted by atomic mass is 9.91. The molecule has 0 atom stereocenters. The van der Waals surface area contributed by atoms with Crippen LogP contribution in [0.2, 0.25) is 0 Å². The van der Waals surface area contributed by atoms with Gasteiger partial charge in [0.25, 0.3) is 0 Å². The van der Waals surface area contributed by atoms with E-state index in [-0.39, 0.29) is 31.2 Å². The summed E-state index contributed by atoms with van der Waals surface area (Å²) in [5, 5.41) is 8.73. The smallest absolute Gasteiger partial charge is 0.214 e. The summed E-state index contributed by atoms with van der Waals surface area (Å²) >= 11 is 0. The van der Waals surface area contributed by atoms with Gasteiger partial charge in [-0.1, -0.05) is 19.3 Å². The van der Waals surface area contributed by atoms with Crippen LogP contribution in [0.25, 0.3) is 0 Å². The van der Waals surface area contributed by atoms with Crippen molar-refractivity contribution >= 4 is 10.0 Å². The number of nitrogens with zero attached hydrogens (tertiary/aromatic N) is 2. The zero-order chi connectivity index (χ0) is 15.1. The van der Waals surface area contributed by atoms with E-state index in [0.29, 0.717) is 5.76 Å². The first-order valence-corrected chi connectivity index (χ1v) is 9.10. The lowest BCUT2D eigenvalue weighted by molar-refractivity contribution is 0.348. The molecular weight excluding hydrogens is 288 g/mol. The van der Waals surface area contributed by atoms with Crippen LogP contribution < -0.4 is 0 Å². The molecular formula is C15H22N2O3S. The summed E-state index contributed by atoms with van der Waals surface area (Å²) in [7, 11) is -3.35. The molecule has 0 radical (unpaired) electrons. The molecule has 0 aromatic carbocycles. The summed E-state index contributed by atoms with van der Waals surface area (Å²) in [6, 6.07) is 5.52. The first-order chi connectivity index (χ1) is 10.1. The Bertz CT molecular complexity index is 554. The van der Waals surface area contributed by atoms with Crippen LogP contribution in [-0.4, -0.2) is 25.0 Å². The zero-order valence-corrected chi connectivity index (χ0v) is 13.0. The van der Waals surface area contributed by atoms with Gasteiger partial charge in [-0.25, -0.2) is 8.42 Å². The topological polar surface area (TPSA) is 74.3 Å². The van der Waals surface area contributed by atoms with E-state index in [2.05, 4.69) is 0 Å². The number of sulfonamides is 1. The molecule has 0 amide bonds. The first-order valence-electron chi connectivity index (χ1n) is 7.49. The van der Waals surface area contributed by atoms with Crippen molar-refractivity contribution in [1.29, 1.82) is 5.26 Å². The maximum absolute atomic E-state index is 12.6. The average molecular weight is 310 g/mol.